The Bertz CT molecular complexity index is 1360. The number of aryl methyl sites for hydroxylation is 1. The van der Waals surface area contributed by atoms with Gasteiger partial charge in [0.2, 0.25) is 5.91 Å². The van der Waals surface area contributed by atoms with Crippen molar-refractivity contribution in [1.82, 2.24) is 19.4 Å². The van der Waals surface area contributed by atoms with Crippen LogP contribution in [0.3, 0.4) is 0 Å². The van der Waals surface area contributed by atoms with Gasteiger partial charge in [-0.05, 0) is 50.8 Å². The van der Waals surface area contributed by atoms with Gasteiger partial charge in [-0.15, -0.1) is 11.3 Å². The lowest BCUT2D eigenvalue weighted by molar-refractivity contribution is -0.135. The van der Waals surface area contributed by atoms with E-state index in [9.17, 15) is 18.8 Å². The van der Waals surface area contributed by atoms with Crippen LogP contribution in [0.4, 0.5) is 10.1 Å². The molecule has 0 saturated carbocycles. The number of hydrogen-bond acceptors (Lipinski definition) is 6. The Morgan fingerprint density at radius 2 is 1.86 bits per heavy atom. The molecular formula is C26H30FN5O3S. The van der Waals surface area contributed by atoms with Gasteiger partial charge >= 0.3 is 0 Å². The van der Waals surface area contributed by atoms with Crippen LogP contribution < -0.4 is 10.5 Å². The molecule has 0 aliphatic carbocycles. The molecule has 2 aliphatic heterocycles. The van der Waals surface area contributed by atoms with E-state index in [1.807, 2.05) is 16.7 Å². The second-order valence-electron chi connectivity index (χ2n) is 9.58. The van der Waals surface area contributed by atoms with Gasteiger partial charge in [0.25, 0.3) is 11.5 Å². The fourth-order valence-corrected chi connectivity index (χ4v) is 6.29. The number of carbonyl (C=O) groups excluding carboxylic acids is 2. The largest absolute Gasteiger partial charge is 0.366 e. The molecule has 2 fully saturated rings. The summed E-state index contributed by atoms with van der Waals surface area (Å²) in [7, 11) is 0. The van der Waals surface area contributed by atoms with Crippen LogP contribution in [-0.2, 0) is 11.3 Å². The molecule has 2 aliphatic rings. The third-order valence-corrected chi connectivity index (χ3v) is 8.49. The van der Waals surface area contributed by atoms with Crippen LogP contribution >= 0.6 is 11.3 Å². The van der Waals surface area contributed by atoms with Gasteiger partial charge in [-0.3, -0.25) is 19.0 Å². The third-order valence-electron chi connectivity index (χ3n) is 7.30. The zero-order valence-electron chi connectivity index (χ0n) is 20.6. The molecule has 1 atom stereocenters. The van der Waals surface area contributed by atoms with Crippen LogP contribution in [0.5, 0.6) is 0 Å². The van der Waals surface area contributed by atoms with Crippen LogP contribution in [0.15, 0.2) is 35.4 Å². The maximum Gasteiger partial charge on any atom is 0.264 e. The molecule has 3 aromatic rings. The van der Waals surface area contributed by atoms with Gasteiger partial charge in [0.05, 0.1) is 22.3 Å². The average molecular weight is 512 g/mol. The minimum atomic E-state index is -0.296. The summed E-state index contributed by atoms with van der Waals surface area (Å²) in [6.45, 7) is 6.44. The Morgan fingerprint density at radius 3 is 2.58 bits per heavy atom. The Balaban J connectivity index is 1.33. The van der Waals surface area contributed by atoms with E-state index in [0.717, 1.165) is 19.3 Å². The van der Waals surface area contributed by atoms with E-state index in [-0.39, 0.29) is 35.8 Å². The lowest BCUT2D eigenvalue weighted by Gasteiger charge is -2.36. The van der Waals surface area contributed by atoms with E-state index in [0.29, 0.717) is 59.1 Å². The Hall–Kier alpha value is -3.27. The summed E-state index contributed by atoms with van der Waals surface area (Å²) >= 11 is 1.21. The van der Waals surface area contributed by atoms with Crippen LogP contribution in [0.2, 0.25) is 0 Å². The van der Waals surface area contributed by atoms with Crippen molar-refractivity contribution in [1.29, 1.82) is 0 Å². The Morgan fingerprint density at radius 1 is 1.11 bits per heavy atom. The van der Waals surface area contributed by atoms with Gasteiger partial charge in [0, 0.05) is 38.8 Å². The van der Waals surface area contributed by atoms with Gasteiger partial charge in [0.1, 0.15) is 17.2 Å². The molecule has 4 heterocycles. The number of nitrogens with zero attached hydrogens (tertiary/aromatic N) is 5. The number of benzene rings is 1. The van der Waals surface area contributed by atoms with E-state index in [4.69, 9.17) is 0 Å². The number of amides is 2. The molecule has 2 aromatic heterocycles. The predicted octanol–water partition coefficient (Wildman–Crippen LogP) is 3.27. The number of aromatic nitrogens is 2. The van der Waals surface area contributed by atoms with Crippen LogP contribution in [-0.4, -0.2) is 69.9 Å². The van der Waals surface area contributed by atoms with E-state index in [2.05, 4.69) is 4.98 Å². The smallest absolute Gasteiger partial charge is 0.264 e. The van der Waals surface area contributed by atoms with E-state index in [1.54, 1.807) is 30.0 Å². The van der Waals surface area contributed by atoms with Gasteiger partial charge in [-0.2, -0.15) is 0 Å². The highest BCUT2D eigenvalue weighted by atomic mass is 32.1. The number of thiophene rings is 1. The summed E-state index contributed by atoms with van der Waals surface area (Å²) in [5.74, 6) is -0.497. The number of para-hydroxylation sites is 1. The number of rotatable bonds is 4. The number of likely N-dealkylation sites (tertiary alicyclic amines) is 1. The molecular weight excluding hydrogens is 481 g/mol. The fourth-order valence-electron chi connectivity index (χ4n) is 5.18. The molecule has 10 heteroatoms. The summed E-state index contributed by atoms with van der Waals surface area (Å²) in [4.78, 5) is 50.5. The number of carbonyl (C=O) groups is 2. The summed E-state index contributed by atoms with van der Waals surface area (Å²) in [6, 6.07) is 6.82. The van der Waals surface area contributed by atoms with Crippen molar-refractivity contribution in [3.8, 4) is 0 Å². The highest BCUT2D eigenvalue weighted by Crippen LogP contribution is 2.29. The zero-order chi connectivity index (χ0) is 25.4. The first-order valence-corrected chi connectivity index (χ1v) is 13.2. The monoisotopic (exact) mass is 511 g/mol. The average Bonchev–Trinajstić information content (AvgIpc) is 3.23. The number of halogens is 1. The number of anilines is 1. The molecule has 0 radical (unpaired) electrons. The summed E-state index contributed by atoms with van der Waals surface area (Å²) < 4.78 is 15.5. The van der Waals surface area contributed by atoms with Crippen molar-refractivity contribution in [2.24, 2.45) is 0 Å². The van der Waals surface area contributed by atoms with Gasteiger partial charge in [-0.1, -0.05) is 12.1 Å². The van der Waals surface area contributed by atoms with Crippen LogP contribution in [0.1, 0.15) is 41.4 Å². The first-order valence-electron chi connectivity index (χ1n) is 12.4. The van der Waals surface area contributed by atoms with E-state index >= 15 is 0 Å². The summed E-state index contributed by atoms with van der Waals surface area (Å²) in [6.07, 6.45) is 4.48. The number of piperazine rings is 1. The van der Waals surface area contributed by atoms with Crippen molar-refractivity contribution in [3.63, 3.8) is 0 Å². The second-order valence-corrected chi connectivity index (χ2v) is 10.6. The minimum Gasteiger partial charge on any atom is -0.366 e. The molecule has 190 valence electrons. The topological polar surface area (TPSA) is 78.8 Å². The number of piperidine rings is 1. The van der Waals surface area contributed by atoms with Gasteiger partial charge < -0.3 is 14.7 Å². The molecule has 0 N–H and O–H groups in total. The van der Waals surface area contributed by atoms with Crippen molar-refractivity contribution in [2.75, 3.05) is 37.6 Å². The molecule has 1 aromatic carbocycles. The Kier molecular flexibility index (Phi) is 6.79. The summed E-state index contributed by atoms with van der Waals surface area (Å²) in [5.41, 5.74) is 0.846. The van der Waals surface area contributed by atoms with Crippen molar-refractivity contribution in [3.05, 3.63) is 57.2 Å². The van der Waals surface area contributed by atoms with Crippen LogP contribution in [0, 0.1) is 12.7 Å². The molecule has 5 rings (SSSR count). The van der Waals surface area contributed by atoms with Gasteiger partial charge in [0.15, 0.2) is 0 Å². The quantitative estimate of drug-likeness (QED) is 0.537. The fraction of sp³-hybridized carbons (Fsp3) is 0.462. The molecule has 2 saturated heterocycles. The normalized spacial score (nSPS) is 18.6. The van der Waals surface area contributed by atoms with E-state index < -0.39 is 0 Å². The first-order chi connectivity index (χ1) is 17.3. The number of hydrogen-bond donors (Lipinski definition) is 0. The number of fused-ring (bicyclic) bond motifs is 1. The molecule has 8 nitrogen and oxygen atoms in total. The molecule has 0 spiro atoms. The first kappa shape index (κ1) is 24.4. The highest BCUT2D eigenvalue weighted by molar-refractivity contribution is 7.20. The van der Waals surface area contributed by atoms with Crippen molar-refractivity contribution in [2.45, 2.75) is 45.7 Å². The summed E-state index contributed by atoms with van der Waals surface area (Å²) in [5, 5.41) is 0.398. The maximum atomic E-state index is 14.2. The Labute approximate surface area is 212 Å². The lowest BCUT2D eigenvalue weighted by atomic mass is 10.0. The lowest BCUT2D eigenvalue weighted by Crippen LogP contribution is -2.49. The van der Waals surface area contributed by atoms with Crippen molar-refractivity contribution >= 4 is 39.1 Å². The molecule has 0 bridgehead atoms. The standard InChI is InChI=1S/C26H30FN5O3S/c1-17-7-5-6-10-32(17)21(33)15-31-16-28-24-22(25(31)34)18(2)23(36-24)26(35)30-13-11-29(12-14-30)20-9-4-3-8-19(20)27/h3-4,8-9,16-17H,5-7,10-15H2,1-2H3. The minimum absolute atomic E-state index is 0.0529. The zero-order valence-corrected chi connectivity index (χ0v) is 21.4. The second kappa shape index (κ2) is 10.0. The molecule has 36 heavy (non-hydrogen) atoms. The maximum absolute atomic E-state index is 14.2. The van der Waals surface area contributed by atoms with E-state index in [1.165, 1.54) is 28.3 Å². The van der Waals surface area contributed by atoms with Gasteiger partial charge in [-0.25, -0.2) is 9.37 Å². The van der Waals surface area contributed by atoms with Crippen LogP contribution in [0.25, 0.3) is 10.2 Å². The third kappa shape index (κ3) is 4.50. The SMILES string of the molecule is Cc1c(C(=O)N2CCN(c3ccccc3F)CC2)sc2ncn(CC(=O)N3CCCCC3C)c(=O)c12. The molecule has 1 unspecified atom stereocenters. The highest BCUT2D eigenvalue weighted by Gasteiger charge is 2.28. The molecule has 2 amide bonds. The van der Waals surface area contributed by atoms with Crippen molar-refractivity contribution < 1.29 is 14.0 Å². The predicted molar refractivity (Wildman–Crippen MR) is 138 cm³/mol.